The zero-order valence-corrected chi connectivity index (χ0v) is 17.1. The summed E-state index contributed by atoms with van der Waals surface area (Å²) >= 11 is 0. The van der Waals surface area contributed by atoms with Gasteiger partial charge in [-0.05, 0) is 31.9 Å². The minimum absolute atomic E-state index is 0.0804. The molecule has 2 heterocycles. The minimum atomic E-state index is 0.0804. The average molecular weight is 370 g/mol. The van der Waals surface area contributed by atoms with Crippen LogP contribution < -0.4 is 0 Å². The fourth-order valence-electron chi connectivity index (χ4n) is 5.59. The first-order valence-corrected chi connectivity index (χ1v) is 10.8. The Kier molecular flexibility index (Phi) is 5.30. The number of amides is 1. The van der Waals surface area contributed by atoms with Crippen molar-refractivity contribution in [3.8, 4) is 0 Å². The van der Waals surface area contributed by atoms with Crippen LogP contribution in [0.5, 0.6) is 0 Å². The Morgan fingerprint density at radius 2 is 1.63 bits per heavy atom. The number of likely N-dealkylation sites (tertiary alicyclic amines) is 1. The maximum atomic E-state index is 12.9. The molecule has 0 radical (unpaired) electrons. The van der Waals surface area contributed by atoms with Crippen molar-refractivity contribution in [1.82, 2.24) is 14.7 Å². The lowest BCUT2D eigenvalue weighted by molar-refractivity contribution is -0.138. The molecule has 0 spiro atoms. The first-order valence-electron chi connectivity index (χ1n) is 10.8. The van der Waals surface area contributed by atoms with Crippen molar-refractivity contribution in [2.75, 3.05) is 46.3 Å². The Morgan fingerprint density at radius 3 is 2.30 bits per heavy atom. The summed E-state index contributed by atoms with van der Waals surface area (Å²) in [6.07, 6.45) is 6.78. The van der Waals surface area contributed by atoms with Crippen LogP contribution in [0, 0.1) is 0 Å². The van der Waals surface area contributed by atoms with E-state index in [2.05, 4.69) is 59.0 Å². The molecule has 2 saturated heterocycles. The summed E-state index contributed by atoms with van der Waals surface area (Å²) < 4.78 is 0. The van der Waals surface area contributed by atoms with Crippen LogP contribution in [0.3, 0.4) is 0 Å². The quantitative estimate of drug-likeness (QED) is 0.816. The van der Waals surface area contributed by atoms with Crippen molar-refractivity contribution in [1.29, 1.82) is 0 Å². The highest BCUT2D eigenvalue weighted by atomic mass is 16.2. The summed E-state index contributed by atoms with van der Waals surface area (Å²) in [5.74, 6) is 0.365. The van der Waals surface area contributed by atoms with Gasteiger partial charge >= 0.3 is 0 Å². The lowest BCUT2D eigenvalue weighted by Crippen LogP contribution is -2.62. The third-order valence-electron chi connectivity index (χ3n) is 7.45. The summed E-state index contributed by atoms with van der Waals surface area (Å²) in [7, 11) is 2.22. The van der Waals surface area contributed by atoms with E-state index in [0.29, 0.717) is 12.3 Å². The number of benzene rings is 1. The van der Waals surface area contributed by atoms with Gasteiger partial charge in [-0.1, -0.05) is 50.1 Å². The third-order valence-corrected chi connectivity index (χ3v) is 7.45. The smallest absolute Gasteiger partial charge is 0.222 e. The van der Waals surface area contributed by atoms with E-state index in [1.54, 1.807) is 0 Å². The van der Waals surface area contributed by atoms with E-state index in [9.17, 15) is 4.79 Å². The number of hydrogen-bond donors (Lipinski definition) is 0. The molecular weight excluding hydrogens is 334 g/mol. The minimum Gasteiger partial charge on any atom is -0.340 e. The fourth-order valence-corrected chi connectivity index (χ4v) is 5.59. The molecule has 0 N–H and O–H groups in total. The standard InChI is InChI=1S/C23H35N3O/c1-22(20-8-4-3-5-9-20)13-10-21(27)25(18-22)19-23(11-6-7-12-23)26-16-14-24(2)15-17-26/h3-5,8-9H,6-7,10-19H2,1-2H3. The number of hydrogen-bond acceptors (Lipinski definition) is 3. The van der Waals surface area contributed by atoms with Crippen molar-refractivity contribution in [3.05, 3.63) is 35.9 Å². The molecule has 1 unspecified atom stereocenters. The Hall–Kier alpha value is -1.39. The van der Waals surface area contributed by atoms with E-state index in [1.807, 2.05) is 0 Å². The molecule has 1 aliphatic carbocycles. The van der Waals surface area contributed by atoms with Crippen LogP contribution in [0.15, 0.2) is 30.3 Å². The zero-order chi connectivity index (χ0) is 18.9. The van der Waals surface area contributed by atoms with Crippen molar-refractivity contribution >= 4 is 5.91 Å². The van der Waals surface area contributed by atoms with Crippen molar-refractivity contribution in [2.45, 2.75) is 56.4 Å². The molecular formula is C23H35N3O. The van der Waals surface area contributed by atoms with Crippen LogP contribution in [0.4, 0.5) is 0 Å². The monoisotopic (exact) mass is 369 g/mol. The zero-order valence-electron chi connectivity index (χ0n) is 17.1. The molecule has 1 saturated carbocycles. The predicted octanol–water partition coefficient (Wildman–Crippen LogP) is 3.13. The Labute approximate surface area is 164 Å². The van der Waals surface area contributed by atoms with E-state index in [-0.39, 0.29) is 11.0 Å². The van der Waals surface area contributed by atoms with Gasteiger partial charge in [0.2, 0.25) is 5.91 Å². The second kappa shape index (κ2) is 7.56. The van der Waals surface area contributed by atoms with Crippen molar-refractivity contribution < 1.29 is 4.79 Å². The van der Waals surface area contributed by atoms with Crippen LogP contribution >= 0.6 is 0 Å². The van der Waals surface area contributed by atoms with Gasteiger partial charge in [-0.15, -0.1) is 0 Å². The molecule has 1 atom stereocenters. The average Bonchev–Trinajstić information content (AvgIpc) is 3.16. The summed E-state index contributed by atoms with van der Waals surface area (Å²) in [5.41, 5.74) is 1.67. The second-order valence-corrected chi connectivity index (χ2v) is 9.40. The van der Waals surface area contributed by atoms with E-state index < -0.39 is 0 Å². The maximum absolute atomic E-state index is 12.9. The molecule has 3 aliphatic rings. The van der Waals surface area contributed by atoms with Gasteiger partial charge in [0.1, 0.15) is 0 Å². The Balaban J connectivity index is 1.53. The van der Waals surface area contributed by atoms with Crippen LogP contribution in [0.2, 0.25) is 0 Å². The van der Waals surface area contributed by atoms with Crippen LogP contribution in [-0.2, 0) is 10.2 Å². The van der Waals surface area contributed by atoms with E-state index in [4.69, 9.17) is 0 Å². The van der Waals surface area contributed by atoms with Gasteiger partial charge in [-0.2, -0.15) is 0 Å². The van der Waals surface area contributed by atoms with Gasteiger partial charge in [-0.3, -0.25) is 9.69 Å². The number of carbonyl (C=O) groups is 1. The summed E-state index contributed by atoms with van der Waals surface area (Å²) in [5, 5.41) is 0. The SMILES string of the molecule is CN1CCN(C2(CN3CC(C)(c4ccccc4)CCC3=O)CCCC2)CC1. The van der Waals surface area contributed by atoms with Gasteiger partial charge < -0.3 is 9.80 Å². The maximum Gasteiger partial charge on any atom is 0.222 e. The first-order chi connectivity index (χ1) is 13.0. The molecule has 1 aromatic carbocycles. The number of piperidine rings is 1. The summed E-state index contributed by atoms with van der Waals surface area (Å²) in [6, 6.07) is 10.8. The molecule has 1 amide bonds. The predicted molar refractivity (Wildman–Crippen MR) is 110 cm³/mol. The summed E-state index contributed by atoms with van der Waals surface area (Å²) in [4.78, 5) is 20.3. The van der Waals surface area contributed by atoms with Crippen molar-refractivity contribution in [2.24, 2.45) is 0 Å². The molecule has 2 aliphatic heterocycles. The molecule has 4 heteroatoms. The first kappa shape index (κ1) is 18.9. The third kappa shape index (κ3) is 3.79. The van der Waals surface area contributed by atoms with E-state index in [0.717, 1.165) is 45.7 Å². The lowest BCUT2D eigenvalue weighted by atomic mass is 9.75. The van der Waals surface area contributed by atoms with Gasteiger partial charge in [0.25, 0.3) is 0 Å². The highest BCUT2D eigenvalue weighted by Crippen LogP contribution is 2.40. The largest absolute Gasteiger partial charge is 0.340 e. The molecule has 148 valence electrons. The molecule has 0 aromatic heterocycles. The molecule has 4 nitrogen and oxygen atoms in total. The normalized spacial score (nSPS) is 30.0. The van der Waals surface area contributed by atoms with Gasteiger partial charge in [0.05, 0.1) is 0 Å². The van der Waals surface area contributed by atoms with Crippen molar-refractivity contribution in [3.63, 3.8) is 0 Å². The second-order valence-electron chi connectivity index (χ2n) is 9.40. The van der Waals surface area contributed by atoms with Gasteiger partial charge in [0.15, 0.2) is 0 Å². The number of rotatable bonds is 4. The Bertz CT molecular complexity index is 647. The number of nitrogens with zero attached hydrogens (tertiary/aromatic N) is 3. The number of carbonyl (C=O) groups excluding carboxylic acids is 1. The van der Waals surface area contributed by atoms with E-state index in [1.165, 1.54) is 31.2 Å². The summed E-state index contributed by atoms with van der Waals surface area (Å²) in [6.45, 7) is 8.74. The topological polar surface area (TPSA) is 26.8 Å². The van der Waals surface area contributed by atoms with Crippen LogP contribution in [0.1, 0.15) is 51.0 Å². The lowest BCUT2D eigenvalue weighted by Gasteiger charge is -2.50. The van der Waals surface area contributed by atoms with Gasteiger partial charge in [-0.25, -0.2) is 0 Å². The Morgan fingerprint density at radius 1 is 0.963 bits per heavy atom. The number of piperazine rings is 1. The fraction of sp³-hybridized carbons (Fsp3) is 0.696. The highest BCUT2D eigenvalue weighted by molar-refractivity contribution is 5.77. The molecule has 0 bridgehead atoms. The highest BCUT2D eigenvalue weighted by Gasteiger charge is 2.45. The molecule has 1 aromatic rings. The molecule has 27 heavy (non-hydrogen) atoms. The molecule has 3 fully saturated rings. The number of likely N-dealkylation sites (N-methyl/N-ethyl adjacent to an activating group) is 1. The van der Waals surface area contributed by atoms with Crippen LogP contribution in [0.25, 0.3) is 0 Å². The van der Waals surface area contributed by atoms with Crippen LogP contribution in [-0.4, -0.2) is 72.5 Å². The van der Waals surface area contributed by atoms with Gasteiger partial charge in [0, 0.05) is 56.6 Å². The molecule has 4 rings (SSSR count). The van der Waals surface area contributed by atoms with E-state index >= 15 is 0 Å².